The minimum atomic E-state index is -3.65. The minimum absolute atomic E-state index is 0.0692. The lowest BCUT2D eigenvalue weighted by Crippen LogP contribution is -2.52. The third-order valence-corrected chi connectivity index (χ3v) is 7.71. The smallest absolute Gasteiger partial charge is 0.218 e. The number of hydrogen-bond donors (Lipinski definition) is 1. The Kier molecular flexibility index (Phi) is 4.22. The van der Waals surface area contributed by atoms with Crippen LogP contribution in [0.3, 0.4) is 0 Å². The minimum Gasteiger partial charge on any atom is -0.394 e. The van der Waals surface area contributed by atoms with Crippen LogP contribution in [0.25, 0.3) is 0 Å². The van der Waals surface area contributed by atoms with E-state index in [9.17, 15) is 16.8 Å². The molecule has 0 amide bonds. The summed E-state index contributed by atoms with van der Waals surface area (Å²) in [4.78, 5) is 0. The lowest BCUT2D eigenvalue weighted by Gasteiger charge is -2.36. The molecular weight excluding hydrogens is 294 g/mol. The molecular formula is C10H19NO6S2. The number of sulfone groups is 1. The summed E-state index contributed by atoms with van der Waals surface area (Å²) in [7, 11) is -6.88. The van der Waals surface area contributed by atoms with Gasteiger partial charge in [0.1, 0.15) is 0 Å². The van der Waals surface area contributed by atoms with Gasteiger partial charge in [0.15, 0.2) is 9.84 Å². The van der Waals surface area contributed by atoms with E-state index in [4.69, 9.17) is 9.84 Å². The molecule has 0 bridgehead atoms. The average Bonchev–Trinajstić information content (AvgIpc) is 2.69. The molecule has 9 heteroatoms. The predicted molar refractivity (Wildman–Crippen MR) is 69.0 cm³/mol. The van der Waals surface area contributed by atoms with Crippen molar-refractivity contribution in [2.75, 3.05) is 31.2 Å². The van der Waals surface area contributed by atoms with E-state index >= 15 is 0 Å². The first-order valence-corrected chi connectivity index (χ1v) is 9.53. The lowest BCUT2D eigenvalue weighted by atomic mass is 10.2. The summed E-state index contributed by atoms with van der Waals surface area (Å²) in [6, 6.07) is 0. The Balaban J connectivity index is 2.15. The van der Waals surface area contributed by atoms with Gasteiger partial charge in [0.25, 0.3) is 0 Å². The molecule has 3 unspecified atom stereocenters. The summed E-state index contributed by atoms with van der Waals surface area (Å²) in [6.45, 7) is 1.77. The highest BCUT2D eigenvalue weighted by atomic mass is 32.2. The second-order valence-corrected chi connectivity index (χ2v) is 9.58. The normalized spacial score (nSPS) is 36.4. The molecule has 2 fully saturated rings. The summed E-state index contributed by atoms with van der Waals surface area (Å²) in [5, 5.41) is 8.24. The zero-order valence-electron chi connectivity index (χ0n) is 10.7. The zero-order chi connectivity index (χ0) is 14.3. The fraction of sp³-hybridized carbons (Fsp3) is 1.00. The van der Waals surface area contributed by atoms with Crippen molar-refractivity contribution in [1.82, 2.24) is 4.31 Å². The summed E-state index contributed by atoms with van der Waals surface area (Å²) >= 11 is 0. The van der Waals surface area contributed by atoms with E-state index in [0.29, 0.717) is 0 Å². The molecule has 0 aromatic carbocycles. The largest absolute Gasteiger partial charge is 0.394 e. The molecule has 7 nitrogen and oxygen atoms in total. The molecule has 2 saturated heterocycles. The fourth-order valence-electron chi connectivity index (χ4n) is 2.52. The maximum Gasteiger partial charge on any atom is 0.218 e. The van der Waals surface area contributed by atoms with E-state index in [1.165, 1.54) is 4.31 Å². The van der Waals surface area contributed by atoms with Gasteiger partial charge in [-0.1, -0.05) is 0 Å². The molecule has 2 aliphatic heterocycles. The molecule has 0 spiro atoms. The van der Waals surface area contributed by atoms with Gasteiger partial charge in [0.2, 0.25) is 10.0 Å². The van der Waals surface area contributed by atoms with Crippen molar-refractivity contribution in [1.29, 1.82) is 0 Å². The molecule has 1 N–H and O–H groups in total. The highest BCUT2D eigenvalue weighted by Crippen LogP contribution is 2.24. The van der Waals surface area contributed by atoms with Gasteiger partial charge in [-0.15, -0.1) is 0 Å². The third kappa shape index (κ3) is 3.27. The van der Waals surface area contributed by atoms with Gasteiger partial charge in [-0.3, -0.25) is 0 Å². The number of sulfonamides is 1. The lowest BCUT2D eigenvalue weighted by molar-refractivity contribution is -0.0751. The van der Waals surface area contributed by atoms with Gasteiger partial charge < -0.3 is 9.84 Å². The number of nitrogens with zero attached hydrogens (tertiary/aromatic N) is 1. The number of rotatable bonds is 3. The second kappa shape index (κ2) is 5.28. The number of ether oxygens (including phenoxy) is 1. The van der Waals surface area contributed by atoms with Gasteiger partial charge in [0, 0.05) is 13.1 Å². The summed E-state index contributed by atoms with van der Waals surface area (Å²) in [6.07, 6.45) is -0.699. The maximum atomic E-state index is 12.4. The van der Waals surface area contributed by atoms with Crippen LogP contribution in [-0.2, 0) is 24.6 Å². The molecule has 0 aromatic rings. The quantitative estimate of drug-likeness (QED) is 0.686. The second-order valence-electron chi connectivity index (χ2n) is 5.14. The highest BCUT2D eigenvalue weighted by molar-refractivity contribution is 7.95. The molecule has 3 atom stereocenters. The number of aliphatic hydroxyl groups is 1. The Morgan fingerprint density at radius 1 is 1.37 bits per heavy atom. The van der Waals surface area contributed by atoms with Crippen molar-refractivity contribution in [2.24, 2.45) is 0 Å². The van der Waals surface area contributed by atoms with Crippen molar-refractivity contribution in [2.45, 2.75) is 30.8 Å². The maximum absolute atomic E-state index is 12.4. The number of hydrogen-bond acceptors (Lipinski definition) is 6. The molecule has 2 aliphatic rings. The van der Waals surface area contributed by atoms with E-state index in [1.54, 1.807) is 6.92 Å². The van der Waals surface area contributed by atoms with Gasteiger partial charge in [0.05, 0.1) is 35.6 Å². The Morgan fingerprint density at radius 2 is 2.05 bits per heavy atom. The standard InChI is InChI=1S/C10H19NO6S2/c1-8-4-11(5-9(6-12)17-8)19(15,16)10-2-3-18(13,14)7-10/h8-10,12H,2-7H2,1H3. The van der Waals surface area contributed by atoms with Crippen LogP contribution in [0.4, 0.5) is 0 Å². The van der Waals surface area contributed by atoms with Crippen LogP contribution >= 0.6 is 0 Å². The van der Waals surface area contributed by atoms with Gasteiger partial charge >= 0.3 is 0 Å². The molecule has 0 aliphatic carbocycles. The average molecular weight is 313 g/mol. The first-order chi connectivity index (χ1) is 8.74. The summed E-state index contributed by atoms with van der Waals surface area (Å²) in [5.74, 6) is -0.370. The van der Waals surface area contributed by atoms with E-state index < -0.39 is 31.2 Å². The van der Waals surface area contributed by atoms with Gasteiger partial charge in [-0.2, -0.15) is 4.31 Å². The topological polar surface area (TPSA) is 101 Å². The molecule has 112 valence electrons. The zero-order valence-corrected chi connectivity index (χ0v) is 12.4. The van der Waals surface area contributed by atoms with Gasteiger partial charge in [-0.25, -0.2) is 16.8 Å². The Morgan fingerprint density at radius 3 is 2.58 bits per heavy atom. The first-order valence-electron chi connectivity index (χ1n) is 6.20. The molecule has 19 heavy (non-hydrogen) atoms. The molecule has 2 rings (SSSR count). The Labute approximate surface area is 113 Å². The number of aliphatic hydroxyl groups excluding tert-OH is 1. The van der Waals surface area contributed by atoms with E-state index in [2.05, 4.69) is 0 Å². The van der Waals surface area contributed by atoms with E-state index in [-0.39, 0.29) is 43.7 Å². The Bertz CT molecular complexity index is 528. The van der Waals surface area contributed by atoms with Crippen LogP contribution in [0.2, 0.25) is 0 Å². The van der Waals surface area contributed by atoms with E-state index in [0.717, 1.165) is 0 Å². The monoisotopic (exact) mass is 313 g/mol. The Hall–Kier alpha value is -0.220. The SMILES string of the molecule is CC1CN(S(=O)(=O)C2CCS(=O)(=O)C2)CC(CO)O1. The van der Waals surface area contributed by atoms with Crippen LogP contribution in [0.1, 0.15) is 13.3 Å². The van der Waals surface area contributed by atoms with E-state index in [1.807, 2.05) is 0 Å². The first kappa shape index (κ1) is 15.2. The van der Waals surface area contributed by atoms with Crippen molar-refractivity contribution in [3.63, 3.8) is 0 Å². The molecule has 0 saturated carbocycles. The van der Waals surface area contributed by atoms with Crippen molar-refractivity contribution >= 4 is 19.9 Å². The molecule has 2 heterocycles. The van der Waals surface area contributed by atoms with Crippen LogP contribution in [-0.4, -0.2) is 74.9 Å². The predicted octanol–water partition coefficient (Wildman–Crippen LogP) is -1.42. The van der Waals surface area contributed by atoms with Crippen molar-refractivity contribution < 1.29 is 26.7 Å². The summed E-state index contributed by atoms with van der Waals surface area (Å²) < 4.78 is 54.3. The number of morpholine rings is 1. The molecule has 0 aromatic heterocycles. The van der Waals surface area contributed by atoms with Crippen LogP contribution in [0, 0.1) is 0 Å². The highest BCUT2D eigenvalue weighted by Gasteiger charge is 2.42. The molecule has 0 radical (unpaired) electrons. The van der Waals surface area contributed by atoms with Crippen LogP contribution in [0.15, 0.2) is 0 Å². The van der Waals surface area contributed by atoms with Gasteiger partial charge in [-0.05, 0) is 13.3 Å². The van der Waals surface area contributed by atoms with Crippen LogP contribution in [0.5, 0.6) is 0 Å². The van der Waals surface area contributed by atoms with Crippen LogP contribution < -0.4 is 0 Å². The third-order valence-electron chi connectivity index (χ3n) is 3.47. The fourth-order valence-corrected chi connectivity index (χ4v) is 7.15. The summed E-state index contributed by atoms with van der Waals surface area (Å²) in [5.41, 5.74) is 0. The van der Waals surface area contributed by atoms with Crippen molar-refractivity contribution in [3.8, 4) is 0 Å². The van der Waals surface area contributed by atoms with Crippen molar-refractivity contribution in [3.05, 3.63) is 0 Å².